The number of anilines is 1. The number of nitro groups is 1. The van der Waals surface area contributed by atoms with Gasteiger partial charge in [-0.3, -0.25) is 24.0 Å². The Hall–Kier alpha value is -4.94. The molecule has 1 atom stereocenters. The van der Waals surface area contributed by atoms with E-state index in [4.69, 9.17) is 16.3 Å². The zero-order chi connectivity index (χ0) is 35.9. The van der Waals surface area contributed by atoms with Gasteiger partial charge in [0.2, 0.25) is 11.8 Å². The summed E-state index contributed by atoms with van der Waals surface area (Å²) in [7, 11) is -3.12. The molecule has 0 aromatic heterocycles. The van der Waals surface area contributed by atoms with Crippen molar-refractivity contribution in [2.24, 2.45) is 0 Å². The molecule has 0 heterocycles. The first-order valence-electron chi connectivity index (χ1n) is 15.4. The number of amides is 2. The molecular weight excluding hydrogens is 668 g/mol. The van der Waals surface area contributed by atoms with E-state index >= 15 is 0 Å². The molecule has 1 N–H and O–H groups in total. The number of carbonyl (C=O) groups is 2. The van der Waals surface area contributed by atoms with Crippen molar-refractivity contribution in [1.29, 1.82) is 0 Å². The fraction of sp³-hybridized carbons (Fsp3) is 0.278. The molecule has 0 saturated carbocycles. The number of benzene rings is 4. The highest BCUT2D eigenvalue weighted by atomic mass is 35.5. The van der Waals surface area contributed by atoms with Gasteiger partial charge in [-0.1, -0.05) is 66.2 Å². The number of aryl methyl sites for hydroxylation is 1. The van der Waals surface area contributed by atoms with Crippen molar-refractivity contribution in [3.05, 3.63) is 129 Å². The van der Waals surface area contributed by atoms with Crippen molar-refractivity contribution in [3.63, 3.8) is 0 Å². The summed E-state index contributed by atoms with van der Waals surface area (Å²) in [5.41, 5.74) is 0.671. The van der Waals surface area contributed by atoms with Crippen LogP contribution in [0.5, 0.6) is 5.75 Å². The second-order valence-corrected chi connectivity index (χ2v) is 14.7. The lowest BCUT2D eigenvalue weighted by molar-refractivity contribution is -0.385. The van der Waals surface area contributed by atoms with Crippen molar-refractivity contribution in [1.82, 2.24) is 10.2 Å². The number of hydrogen-bond acceptors (Lipinski definition) is 7. The Morgan fingerprint density at radius 1 is 0.959 bits per heavy atom. The Kier molecular flexibility index (Phi) is 11.7. The standard InChI is InChI=1S/C36H39ClN4O7S/c1-25-15-20-30(22-32(25)41(44)45)49(46,47)40(28-16-18-29(48-5)19-17-28)24-34(42)39(23-27-13-9-10-14-31(27)37)33(35(43)38-36(2,3)4)21-26-11-7-6-8-12-26/h6-20,22,33H,21,23-24H2,1-5H3,(H,38,43)/t33-/m1/s1. The van der Waals surface area contributed by atoms with Crippen LogP contribution in [-0.4, -0.2) is 55.3 Å². The second kappa shape index (κ2) is 15.5. The Morgan fingerprint density at radius 3 is 2.18 bits per heavy atom. The predicted octanol–water partition coefficient (Wildman–Crippen LogP) is 6.32. The lowest BCUT2D eigenvalue weighted by Crippen LogP contribution is -2.56. The number of halogens is 1. The summed E-state index contributed by atoms with van der Waals surface area (Å²) >= 11 is 6.55. The molecule has 13 heteroatoms. The molecule has 49 heavy (non-hydrogen) atoms. The molecule has 0 spiro atoms. The van der Waals surface area contributed by atoms with Gasteiger partial charge in [0, 0.05) is 35.2 Å². The van der Waals surface area contributed by atoms with Gasteiger partial charge in [0.25, 0.3) is 15.7 Å². The average Bonchev–Trinajstić information content (AvgIpc) is 3.05. The Labute approximate surface area is 291 Å². The normalized spacial score (nSPS) is 12.1. The molecule has 0 aliphatic rings. The monoisotopic (exact) mass is 706 g/mol. The smallest absolute Gasteiger partial charge is 0.273 e. The summed E-state index contributed by atoms with van der Waals surface area (Å²) in [6.07, 6.45) is 0.123. The van der Waals surface area contributed by atoms with Crippen molar-refractivity contribution in [2.45, 2.75) is 57.1 Å². The number of methoxy groups -OCH3 is 1. The third-order valence-electron chi connectivity index (χ3n) is 7.67. The minimum atomic E-state index is -4.58. The van der Waals surface area contributed by atoms with E-state index in [1.165, 1.54) is 55.3 Å². The van der Waals surface area contributed by atoms with E-state index in [0.29, 0.717) is 16.3 Å². The number of carbonyl (C=O) groups excluding carboxylic acids is 2. The van der Waals surface area contributed by atoms with Gasteiger partial charge in [0.05, 0.1) is 22.6 Å². The number of hydrogen-bond donors (Lipinski definition) is 1. The van der Waals surface area contributed by atoms with Crippen molar-refractivity contribution in [3.8, 4) is 5.75 Å². The fourth-order valence-electron chi connectivity index (χ4n) is 5.17. The molecule has 0 saturated heterocycles. The lowest BCUT2D eigenvalue weighted by atomic mass is 10.0. The zero-order valence-electron chi connectivity index (χ0n) is 27.9. The molecule has 0 aliphatic carbocycles. The van der Waals surface area contributed by atoms with Gasteiger partial charge in [-0.2, -0.15) is 0 Å². The SMILES string of the molecule is COc1ccc(N(CC(=O)N(Cc2ccccc2Cl)[C@H](Cc2ccccc2)C(=O)NC(C)(C)C)S(=O)(=O)c2ccc(C)c([N+](=O)[O-])c2)cc1. The summed E-state index contributed by atoms with van der Waals surface area (Å²) < 4.78 is 34.8. The fourth-order valence-corrected chi connectivity index (χ4v) is 6.80. The highest BCUT2D eigenvalue weighted by Gasteiger charge is 2.36. The summed E-state index contributed by atoms with van der Waals surface area (Å²) in [6.45, 7) is 6.12. The van der Waals surface area contributed by atoms with Crippen molar-refractivity contribution < 1.29 is 27.7 Å². The van der Waals surface area contributed by atoms with Gasteiger partial charge in [-0.15, -0.1) is 0 Å². The zero-order valence-corrected chi connectivity index (χ0v) is 29.5. The molecular formula is C36H39ClN4O7S. The number of ether oxygens (including phenoxy) is 1. The van der Waals surface area contributed by atoms with Crippen LogP contribution in [0.3, 0.4) is 0 Å². The maximum atomic E-state index is 14.6. The Bertz CT molecular complexity index is 1910. The topological polar surface area (TPSA) is 139 Å². The van der Waals surface area contributed by atoms with Crippen molar-refractivity contribution >= 4 is 44.8 Å². The molecule has 0 bridgehead atoms. The van der Waals surface area contributed by atoms with E-state index in [-0.39, 0.29) is 34.8 Å². The van der Waals surface area contributed by atoms with E-state index in [0.717, 1.165) is 15.9 Å². The first-order valence-corrected chi connectivity index (χ1v) is 17.2. The van der Waals surface area contributed by atoms with Crippen LogP contribution in [0.25, 0.3) is 0 Å². The molecule has 2 amide bonds. The predicted molar refractivity (Wildman–Crippen MR) is 189 cm³/mol. The van der Waals surface area contributed by atoms with E-state index in [9.17, 15) is 28.1 Å². The van der Waals surface area contributed by atoms with Crippen LogP contribution in [0.4, 0.5) is 11.4 Å². The van der Waals surface area contributed by atoms with Crippen LogP contribution in [0, 0.1) is 17.0 Å². The van der Waals surface area contributed by atoms with E-state index in [1.54, 1.807) is 24.3 Å². The van der Waals surface area contributed by atoms with Gasteiger partial charge in [-0.25, -0.2) is 8.42 Å². The Balaban J connectivity index is 1.86. The third-order valence-corrected chi connectivity index (χ3v) is 9.81. The van der Waals surface area contributed by atoms with Crippen LogP contribution in [0.15, 0.2) is 102 Å². The van der Waals surface area contributed by atoms with Crippen LogP contribution in [0.1, 0.15) is 37.5 Å². The number of sulfonamides is 1. The molecule has 11 nitrogen and oxygen atoms in total. The van der Waals surface area contributed by atoms with Gasteiger partial charge < -0.3 is 15.0 Å². The molecule has 0 radical (unpaired) electrons. The average molecular weight is 707 g/mol. The molecule has 258 valence electrons. The van der Waals surface area contributed by atoms with Gasteiger partial charge in [0.1, 0.15) is 18.3 Å². The molecule has 0 aliphatic heterocycles. The summed E-state index contributed by atoms with van der Waals surface area (Å²) in [5, 5.41) is 15.1. The minimum Gasteiger partial charge on any atom is -0.497 e. The molecule has 4 rings (SSSR count). The highest BCUT2D eigenvalue weighted by molar-refractivity contribution is 7.92. The lowest BCUT2D eigenvalue weighted by Gasteiger charge is -2.35. The van der Waals surface area contributed by atoms with Gasteiger partial charge >= 0.3 is 0 Å². The number of nitrogens with zero attached hydrogens (tertiary/aromatic N) is 3. The maximum Gasteiger partial charge on any atom is 0.273 e. The highest BCUT2D eigenvalue weighted by Crippen LogP contribution is 2.30. The Morgan fingerprint density at radius 2 is 1.59 bits per heavy atom. The summed E-state index contributed by atoms with van der Waals surface area (Å²) in [4.78, 5) is 40.7. The van der Waals surface area contributed by atoms with Crippen molar-refractivity contribution in [2.75, 3.05) is 18.0 Å². The van der Waals surface area contributed by atoms with Crippen LogP contribution in [0.2, 0.25) is 5.02 Å². The maximum absolute atomic E-state index is 14.6. The number of rotatable bonds is 13. The van der Waals surface area contributed by atoms with E-state index in [1.807, 2.05) is 51.1 Å². The summed E-state index contributed by atoms with van der Waals surface area (Å²) in [5.74, 6) is -0.698. The van der Waals surface area contributed by atoms with E-state index in [2.05, 4.69) is 5.32 Å². The quantitative estimate of drug-likeness (QED) is 0.127. The third kappa shape index (κ3) is 9.36. The van der Waals surface area contributed by atoms with Gasteiger partial charge in [-0.05, 0) is 75.2 Å². The second-order valence-electron chi connectivity index (χ2n) is 12.5. The number of nitrogens with one attached hydrogen (secondary N) is 1. The van der Waals surface area contributed by atoms with Crippen LogP contribution in [-0.2, 0) is 32.6 Å². The first-order chi connectivity index (χ1) is 23.1. The van der Waals surface area contributed by atoms with E-state index < -0.39 is 44.9 Å². The molecule has 4 aromatic carbocycles. The largest absolute Gasteiger partial charge is 0.497 e. The first kappa shape index (κ1) is 36.9. The molecule has 0 fully saturated rings. The number of nitro benzene ring substituents is 1. The van der Waals surface area contributed by atoms with Crippen LogP contribution < -0.4 is 14.4 Å². The molecule has 0 unspecified atom stereocenters. The van der Waals surface area contributed by atoms with Crippen LogP contribution >= 0.6 is 11.6 Å². The molecule has 4 aromatic rings. The minimum absolute atomic E-state index is 0.105. The van der Waals surface area contributed by atoms with Gasteiger partial charge in [0.15, 0.2) is 0 Å². The summed E-state index contributed by atoms with van der Waals surface area (Å²) in [6, 6.07) is 24.6.